The van der Waals surface area contributed by atoms with E-state index in [-0.39, 0.29) is 11.8 Å². The Hall–Kier alpha value is -1.84. The van der Waals surface area contributed by atoms with Crippen molar-refractivity contribution in [2.75, 3.05) is 0 Å². The largest absolute Gasteiger partial charge is 0.480 e. The fraction of sp³-hybridized carbons (Fsp3) is 0.529. The smallest absolute Gasteiger partial charge is 0.326 e. The predicted molar refractivity (Wildman–Crippen MR) is 83.3 cm³/mol. The van der Waals surface area contributed by atoms with Gasteiger partial charge in [0.05, 0.1) is 0 Å². The summed E-state index contributed by atoms with van der Waals surface area (Å²) in [6.07, 6.45) is 1.39. The highest BCUT2D eigenvalue weighted by Gasteiger charge is 2.20. The van der Waals surface area contributed by atoms with Crippen molar-refractivity contribution in [3.05, 3.63) is 34.9 Å². The van der Waals surface area contributed by atoms with Gasteiger partial charge in [0, 0.05) is 6.42 Å². The Balaban J connectivity index is 2.54. The number of benzene rings is 1. The van der Waals surface area contributed by atoms with Crippen LogP contribution >= 0.6 is 0 Å². The summed E-state index contributed by atoms with van der Waals surface area (Å²) in [7, 11) is 0. The average molecular weight is 291 g/mol. The van der Waals surface area contributed by atoms with Gasteiger partial charge < -0.3 is 10.4 Å². The summed E-state index contributed by atoms with van der Waals surface area (Å²) in [6.45, 7) is 7.95. The van der Waals surface area contributed by atoms with Crippen LogP contribution in [0.5, 0.6) is 0 Å². The first-order chi connectivity index (χ1) is 9.79. The molecular weight excluding hydrogens is 266 g/mol. The molecule has 0 unspecified atom stereocenters. The van der Waals surface area contributed by atoms with Crippen molar-refractivity contribution in [3.8, 4) is 0 Å². The summed E-state index contributed by atoms with van der Waals surface area (Å²) in [5.41, 5.74) is 3.50. The third kappa shape index (κ3) is 5.98. The van der Waals surface area contributed by atoms with Crippen LogP contribution in [0, 0.1) is 19.8 Å². The summed E-state index contributed by atoms with van der Waals surface area (Å²) in [5, 5.41) is 11.7. The lowest BCUT2D eigenvalue weighted by atomic mass is 10.0. The second-order valence-corrected chi connectivity index (χ2v) is 6.02. The summed E-state index contributed by atoms with van der Waals surface area (Å²) in [4.78, 5) is 23.0. The first kappa shape index (κ1) is 17.2. The fourth-order valence-corrected chi connectivity index (χ4v) is 2.33. The van der Waals surface area contributed by atoms with E-state index in [0.717, 1.165) is 5.56 Å². The van der Waals surface area contributed by atoms with Crippen LogP contribution < -0.4 is 5.32 Å². The molecule has 2 N–H and O–H groups in total. The molecule has 0 spiro atoms. The van der Waals surface area contributed by atoms with Crippen molar-refractivity contribution in [2.45, 2.75) is 53.0 Å². The molecule has 0 saturated heterocycles. The van der Waals surface area contributed by atoms with Gasteiger partial charge in [-0.25, -0.2) is 4.79 Å². The van der Waals surface area contributed by atoms with E-state index in [1.165, 1.54) is 11.1 Å². The number of carbonyl (C=O) groups is 2. The lowest BCUT2D eigenvalue weighted by Crippen LogP contribution is -2.41. The van der Waals surface area contributed by atoms with E-state index >= 15 is 0 Å². The van der Waals surface area contributed by atoms with E-state index in [9.17, 15) is 9.59 Å². The number of carbonyl (C=O) groups excluding carboxylic acids is 1. The SMILES string of the molecule is Cc1ccc(CCC(=O)N[C@@H](CC(C)C)C(=O)O)c(C)c1. The molecule has 0 heterocycles. The van der Waals surface area contributed by atoms with Crippen LogP contribution in [-0.2, 0) is 16.0 Å². The summed E-state index contributed by atoms with van der Waals surface area (Å²) >= 11 is 0. The van der Waals surface area contributed by atoms with E-state index in [1.54, 1.807) is 0 Å². The molecule has 0 aliphatic heterocycles. The molecule has 1 rings (SSSR count). The minimum Gasteiger partial charge on any atom is -0.480 e. The van der Waals surface area contributed by atoms with Gasteiger partial charge in [-0.1, -0.05) is 37.6 Å². The van der Waals surface area contributed by atoms with Crippen LogP contribution in [0.2, 0.25) is 0 Å². The Kier molecular flexibility index (Phi) is 6.40. The predicted octanol–water partition coefficient (Wildman–Crippen LogP) is 2.85. The zero-order valence-electron chi connectivity index (χ0n) is 13.3. The van der Waals surface area contributed by atoms with Crippen molar-refractivity contribution >= 4 is 11.9 Å². The van der Waals surface area contributed by atoms with Gasteiger partial charge in [-0.3, -0.25) is 4.79 Å². The van der Waals surface area contributed by atoms with Crippen molar-refractivity contribution in [3.63, 3.8) is 0 Å². The maximum absolute atomic E-state index is 11.9. The lowest BCUT2D eigenvalue weighted by molar-refractivity contribution is -0.142. The van der Waals surface area contributed by atoms with Crippen LogP contribution in [0.3, 0.4) is 0 Å². The zero-order chi connectivity index (χ0) is 16.0. The number of aryl methyl sites for hydroxylation is 3. The van der Waals surface area contributed by atoms with Crippen LogP contribution in [0.25, 0.3) is 0 Å². The topological polar surface area (TPSA) is 66.4 Å². The molecule has 21 heavy (non-hydrogen) atoms. The normalized spacial score (nSPS) is 12.2. The quantitative estimate of drug-likeness (QED) is 0.811. The minimum atomic E-state index is -0.969. The third-order valence-electron chi connectivity index (χ3n) is 3.46. The third-order valence-corrected chi connectivity index (χ3v) is 3.46. The van der Waals surface area contributed by atoms with Gasteiger partial charge >= 0.3 is 5.97 Å². The second-order valence-electron chi connectivity index (χ2n) is 6.02. The summed E-state index contributed by atoms with van der Waals surface area (Å²) in [6, 6.07) is 5.35. The van der Waals surface area contributed by atoms with Gasteiger partial charge in [0.25, 0.3) is 0 Å². The van der Waals surface area contributed by atoms with Crippen molar-refractivity contribution < 1.29 is 14.7 Å². The highest BCUT2D eigenvalue weighted by atomic mass is 16.4. The average Bonchev–Trinajstić information content (AvgIpc) is 2.36. The van der Waals surface area contributed by atoms with Gasteiger partial charge in [0.2, 0.25) is 5.91 Å². The highest BCUT2D eigenvalue weighted by molar-refractivity contribution is 5.83. The maximum Gasteiger partial charge on any atom is 0.326 e. The van der Waals surface area contributed by atoms with Gasteiger partial charge in [0.15, 0.2) is 0 Å². The monoisotopic (exact) mass is 291 g/mol. The number of carboxylic acid groups (broad SMARTS) is 1. The Labute approximate surface area is 126 Å². The zero-order valence-corrected chi connectivity index (χ0v) is 13.3. The van der Waals surface area contributed by atoms with Crippen molar-refractivity contribution in [2.24, 2.45) is 5.92 Å². The molecule has 0 bridgehead atoms. The van der Waals surface area contributed by atoms with Crippen molar-refractivity contribution in [1.29, 1.82) is 0 Å². The molecule has 1 atom stereocenters. The molecule has 1 amide bonds. The molecule has 0 fully saturated rings. The molecule has 4 nitrogen and oxygen atoms in total. The Morgan fingerprint density at radius 2 is 1.90 bits per heavy atom. The second kappa shape index (κ2) is 7.81. The molecule has 1 aromatic carbocycles. The molecule has 0 aromatic heterocycles. The van der Waals surface area contributed by atoms with E-state index in [0.29, 0.717) is 19.3 Å². The number of hydrogen-bond acceptors (Lipinski definition) is 2. The Bertz CT molecular complexity index is 509. The number of rotatable bonds is 7. The van der Waals surface area contributed by atoms with Crippen LogP contribution in [0.1, 0.15) is 43.4 Å². The first-order valence-corrected chi connectivity index (χ1v) is 7.38. The Morgan fingerprint density at radius 3 is 2.43 bits per heavy atom. The fourth-order valence-electron chi connectivity index (χ4n) is 2.33. The van der Waals surface area contributed by atoms with Gasteiger partial charge in [-0.05, 0) is 43.7 Å². The van der Waals surface area contributed by atoms with Crippen molar-refractivity contribution in [1.82, 2.24) is 5.32 Å². The molecule has 4 heteroatoms. The molecular formula is C17H25NO3. The number of aliphatic carboxylic acids is 1. The molecule has 0 saturated carbocycles. The first-order valence-electron chi connectivity index (χ1n) is 7.38. The molecule has 0 aliphatic rings. The highest BCUT2D eigenvalue weighted by Crippen LogP contribution is 2.13. The van der Waals surface area contributed by atoms with E-state index in [4.69, 9.17) is 5.11 Å². The van der Waals surface area contributed by atoms with Crippen LogP contribution in [0.15, 0.2) is 18.2 Å². The maximum atomic E-state index is 11.9. The van der Waals surface area contributed by atoms with Crippen LogP contribution in [0.4, 0.5) is 0 Å². The number of amides is 1. The number of nitrogens with one attached hydrogen (secondary N) is 1. The summed E-state index contributed by atoms with van der Waals surface area (Å²) in [5.74, 6) is -0.947. The van der Waals surface area contributed by atoms with E-state index in [2.05, 4.69) is 11.4 Å². The standard InChI is InChI=1S/C17H25NO3/c1-11(2)9-15(17(20)21)18-16(19)8-7-14-6-5-12(3)10-13(14)4/h5-6,10-11,15H,7-9H2,1-4H3,(H,18,19)(H,20,21)/t15-/m0/s1. The Morgan fingerprint density at radius 1 is 1.24 bits per heavy atom. The van der Waals surface area contributed by atoms with Gasteiger partial charge in [-0.15, -0.1) is 0 Å². The van der Waals surface area contributed by atoms with Gasteiger partial charge in [-0.2, -0.15) is 0 Å². The summed E-state index contributed by atoms with van der Waals surface area (Å²) < 4.78 is 0. The lowest BCUT2D eigenvalue weighted by Gasteiger charge is -2.16. The van der Waals surface area contributed by atoms with Gasteiger partial charge in [0.1, 0.15) is 6.04 Å². The molecule has 1 aromatic rings. The number of carboxylic acids is 1. The molecule has 0 aliphatic carbocycles. The number of hydrogen-bond donors (Lipinski definition) is 2. The van der Waals surface area contributed by atoms with E-state index < -0.39 is 12.0 Å². The molecule has 0 radical (unpaired) electrons. The molecule has 116 valence electrons. The van der Waals surface area contributed by atoms with Crippen LogP contribution in [-0.4, -0.2) is 23.0 Å². The van der Waals surface area contributed by atoms with E-state index in [1.807, 2.05) is 39.8 Å². The minimum absolute atomic E-state index is 0.206.